The van der Waals surface area contributed by atoms with E-state index in [0.29, 0.717) is 12.1 Å². The minimum Gasteiger partial charge on any atom is -0.453 e. The molecule has 1 aliphatic heterocycles. The Morgan fingerprint density at radius 2 is 1.66 bits per heavy atom. The number of ether oxygens (including phenoxy) is 1. The number of hydrogen-bond donors (Lipinski definition) is 1. The second-order valence-corrected chi connectivity index (χ2v) is 6.72. The third-order valence-corrected chi connectivity index (χ3v) is 4.65. The van der Waals surface area contributed by atoms with Gasteiger partial charge in [-0.05, 0) is 18.1 Å². The summed E-state index contributed by atoms with van der Waals surface area (Å²) in [4.78, 5) is 48.9. The first-order chi connectivity index (χ1) is 14.0. The number of rotatable bonds is 7. The largest absolute Gasteiger partial charge is 0.453 e. The number of imide groups is 1. The van der Waals surface area contributed by atoms with Crippen molar-refractivity contribution in [2.75, 3.05) is 13.1 Å². The van der Waals surface area contributed by atoms with Gasteiger partial charge in [-0.1, -0.05) is 54.6 Å². The molecule has 0 aliphatic carbocycles. The summed E-state index contributed by atoms with van der Waals surface area (Å²) in [7, 11) is 0. The Labute approximate surface area is 168 Å². The molecule has 1 aliphatic rings. The van der Waals surface area contributed by atoms with E-state index in [1.807, 2.05) is 42.5 Å². The normalized spacial score (nSPS) is 14.2. The van der Waals surface area contributed by atoms with Crippen LogP contribution in [-0.4, -0.2) is 47.8 Å². The molecule has 2 aromatic rings. The fraction of sp³-hybridized carbons (Fsp3) is 0.273. The molecule has 1 heterocycles. The average molecular weight is 394 g/mol. The zero-order valence-corrected chi connectivity index (χ0v) is 16.1. The predicted octanol–water partition coefficient (Wildman–Crippen LogP) is 2.80. The molecule has 29 heavy (non-hydrogen) atoms. The first-order valence-electron chi connectivity index (χ1n) is 9.43. The Kier molecular flexibility index (Phi) is 6.39. The second kappa shape index (κ2) is 9.14. The van der Waals surface area contributed by atoms with Crippen LogP contribution in [0.1, 0.15) is 30.1 Å². The summed E-state index contributed by atoms with van der Waals surface area (Å²) >= 11 is 0. The number of urea groups is 1. The van der Waals surface area contributed by atoms with Crippen LogP contribution in [0.15, 0.2) is 54.6 Å². The third-order valence-electron chi connectivity index (χ3n) is 4.65. The summed E-state index contributed by atoms with van der Waals surface area (Å²) in [6.07, 6.45) is -1.23. The molecule has 0 radical (unpaired) electrons. The van der Waals surface area contributed by atoms with Crippen molar-refractivity contribution < 1.29 is 23.9 Å². The van der Waals surface area contributed by atoms with Gasteiger partial charge in [0.25, 0.3) is 5.91 Å². The van der Waals surface area contributed by atoms with Gasteiger partial charge in [0.2, 0.25) is 0 Å². The quantitative estimate of drug-likeness (QED) is 0.576. The number of amides is 3. The van der Waals surface area contributed by atoms with Gasteiger partial charge in [-0.25, -0.2) is 4.79 Å². The molecule has 0 spiro atoms. The van der Waals surface area contributed by atoms with E-state index in [9.17, 15) is 19.2 Å². The van der Waals surface area contributed by atoms with Crippen molar-refractivity contribution in [3.05, 3.63) is 60.2 Å². The van der Waals surface area contributed by atoms with Crippen molar-refractivity contribution in [2.24, 2.45) is 0 Å². The van der Waals surface area contributed by atoms with Crippen LogP contribution in [0.25, 0.3) is 11.1 Å². The Morgan fingerprint density at radius 1 is 1.00 bits per heavy atom. The van der Waals surface area contributed by atoms with E-state index in [0.717, 1.165) is 16.0 Å². The molecular weight excluding hydrogens is 372 g/mol. The van der Waals surface area contributed by atoms with Gasteiger partial charge in [0.1, 0.15) is 0 Å². The van der Waals surface area contributed by atoms with Crippen molar-refractivity contribution in [2.45, 2.75) is 25.9 Å². The highest BCUT2D eigenvalue weighted by Crippen LogP contribution is 2.20. The van der Waals surface area contributed by atoms with Crippen LogP contribution in [0.4, 0.5) is 4.79 Å². The lowest BCUT2D eigenvalue weighted by Crippen LogP contribution is -2.41. The summed E-state index contributed by atoms with van der Waals surface area (Å²) in [5, 5.41) is 2.51. The molecule has 3 rings (SSSR count). The first-order valence-corrected chi connectivity index (χ1v) is 9.43. The van der Waals surface area contributed by atoms with Crippen LogP contribution in [0, 0.1) is 0 Å². The van der Waals surface area contributed by atoms with E-state index in [1.54, 1.807) is 12.1 Å². The van der Waals surface area contributed by atoms with Crippen molar-refractivity contribution in [1.82, 2.24) is 10.2 Å². The van der Waals surface area contributed by atoms with Crippen LogP contribution in [0.2, 0.25) is 0 Å². The molecule has 2 aromatic carbocycles. The lowest BCUT2D eigenvalue weighted by Gasteiger charge is -2.18. The van der Waals surface area contributed by atoms with Crippen LogP contribution >= 0.6 is 0 Å². The summed E-state index contributed by atoms with van der Waals surface area (Å²) in [6.45, 7) is 2.04. The van der Waals surface area contributed by atoms with Crippen molar-refractivity contribution >= 4 is 23.7 Å². The first kappa shape index (κ1) is 20.3. The molecule has 0 saturated carbocycles. The molecule has 7 nitrogen and oxygen atoms in total. The molecule has 0 bridgehead atoms. The standard InChI is InChI=1S/C22H22N2O5/c1-15(21(27)24-14-13-23-22(24)28)29-20(26)12-11-19(25)18-9-7-17(8-10-18)16-5-3-2-4-6-16/h2-10,15H,11-14H2,1H3,(H,23,28)/t15-/m1/s1. The predicted molar refractivity (Wildman–Crippen MR) is 106 cm³/mol. The van der Waals surface area contributed by atoms with Crippen LogP contribution < -0.4 is 5.32 Å². The Bertz CT molecular complexity index is 909. The lowest BCUT2D eigenvalue weighted by atomic mass is 10.0. The van der Waals surface area contributed by atoms with Gasteiger partial charge in [0.05, 0.1) is 6.42 Å². The number of esters is 1. The molecule has 1 fully saturated rings. The number of hydrogen-bond acceptors (Lipinski definition) is 5. The van der Waals surface area contributed by atoms with Crippen LogP contribution in [0.5, 0.6) is 0 Å². The number of Topliss-reactive ketones (excluding diaryl/α,β-unsaturated/α-hetero) is 1. The zero-order chi connectivity index (χ0) is 20.8. The molecule has 1 saturated heterocycles. The maximum absolute atomic E-state index is 12.3. The number of carbonyl (C=O) groups excluding carboxylic acids is 4. The topological polar surface area (TPSA) is 92.8 Å². The van der Waals surface area contributed by atoms with E-state index in [2.05, 4.69) is 5.32 Å². The van der Waals surface area contributed by atoms with Gasteiger partial charge in [0.15, 0.2) is 11.9 Å². The highest BCUT2D eigenvalue weighted by Gasteiger charge is 2.31. The maximum atomic E-state index is 12.3. The third kappa shape index (κ3) is 5.07. The van der Waals surface area contributed by atoms with Gasteiger partial charge < -0.3 is 10.1 Å². The lowest BCUT2D eigenvalue weighted by molar-refractivity contribution is -0.157. The Balaban J connectivity index is 1.49. The summed E-state index contributed by atoms with van der Waals surface area (Å²) in [6, 6.07) is 16.5. The molecule has 1 N–H and O–H groups in total. The van der Waals surface area contributed by atoms with Gasteiger partial charge >= 0.3 is 12.0 Å². The van der Waals surface area contributed by atoms with Gasteiger partial charge in [-0.2, -0.15) is 0 Å². The van der Waals surface area contributed by atoms with Gasteiger partial charge in [-0.15, -0.1) is 0 Å². The monoisotopic (exact) mass is 394 g/mol. The molecule has 1 atom stereocenters. The molecule has 0 aromatic heterocycles. The van der Waals surface area contributed by atoms with Crippen molar-refractivity contribution in [3.63, 3.8) is 0 Å². The second-order valence-electron chi connectivity index (χ2n) is 6.72. The molecule has 150 valence electrons. The Morgan fingerprint density at radius 3 is 2.28 bits per heavy atom. The summed E-state index contributed by atoms with van der Waals surface area (Å²) in [5.41, 5.74) is 2.57. The van der Waals surface area contributed by atoms with E-state index in [-0.39, 0.29) is 25.2 Å². The number of benzene rings is 2. The Hall–Kier alpha value is -3.48. The van der Waals surface area contributed by atoms with Crippen LogP contribution in [-0.2, 0) is 14.3 Å². The van der Waals surface area contributed by atoms with E-state index in [4.69, 9.17) is 4.74 Å². The number of nitrogens with one attached hydrogen (secondary N) is 1. The molecule has 0 unspecified atom stereocenters. The van der Waals surface area contributed by atoms with E-state index >= 15 is 0 Å². The van der Waals surface area contributed by atoms with Gasteiger partial charge in [0, 0.05) is 25.1 Å². The summed E-state index contributed by atoms with van der Waals surface area (Å²) < 4.78 is 5.07. The highest BCUT2D eigenvalue weighted by molar-refractivity contribution is 5.99. The number of ketones is 1. The zero-order valence-electron chi connectivity index (χ0n) is 16.1. The molecule has 7 heteroatoms. The number of carbonyl (C=O) groups is 4. The smallest absolute Gasteiger partial charge is 0.324 e. The SMILES string of the molecule is C[C@@H](OC(=O)CCC(=O)c1ccc(-c2ccccc2)cc1)C(=O)N1CCNC1=O. The maximum Gasteiger partial charge on any atom is 0.324 e. The average Bonchev–Trinajstić information content (AvgIpc) is 3.18. The fourth-order valence-electron chi connectivity index (χ4n) is 3.05. The van der Waals surface area contributed by atoms with Crippen LogP contribution in [0.3, 0.4) is 0 Å². The molecule has 3 amide bonds. The minimum atomic E-state index is -1.08. The highest BCUT2D eigenvalue weighted by atomic mass is 16.5. The van der Waals surface area contributed by atoms with E-state index in [1.165, 1.54) is 6.92 Å². The minimum absolute atomic E-state index is 0.0192. The van der Waals surface area contributed by atoms with Crippen molar-refractivity contribution in [3.8, 4) is 11.1 Å². The molecular formula is C22H22N2O5. The van der Waals surface area contributed by atoms with Gasteiger partial charge in [-0.3, -0.25) is 19.3 Å². The number of nitrogens with zero attached hydrogens (tertiary/aromatic N) is 1. The van der Waals surface area contributed by atoms with E-state index < -0.39 is 24.0 Å². The summed E-state index contributed by atoms with van der Waals surface area (Å²) in [5.74, 6) is -1.41. The van der Waals surface area contributed by atoms with Crippen molar-refractivity contribution in [1.29, 1.82) is 0 Å². The fourth-order valence-corrected chi connectivity index (χ4v) is 3.05.